The third-order valence-electron chi connectivity index (χ3n) is 6.10. The van der Waals surface area contributed by atoms with Crippen LogP contribution >= 0.6 is 27.7 Å². The van der Waals surface area contributed by atoms with Gasteiger partial charge in [0.15, 0.2) is 5.17 Å². The van der Waals surface area contributed by atoms with Crippen LogP contribution in [-0.2, 0) is 4.79 Å². The van der Waals surface area contributed by atoms with Gasteiger partial charge in [-0.25, -0.2) is 9.79 Å². The molecule has 3 N–H and O–H groups in total. The zero-order valence-corrected chi connectivity index (χ0v) is 22.6. The van der Waals surface area contributed by atoms with Crippen molar-refractivity contribution in [2.75, 3.05) is 28.2 Å². The van der Waals surface area contributed by atoms with Crippen LogP contribution in [0.5, 0.6) is 0 Å². The summed E-state index contributed by atoms with van der Waals surface area (Å²) in [5, 5.41) is 9.73. The van der Waals surface area contributed by atoms with E-state index in [0.29, 0.717) is 22.6 Å². The Bertz CT molecular complexity index is 1370. The van der Waals surface area contributed by atoms with Crippen LogP contribution in [0.1, 0.15) is 24.9 Å². The maximum Gasteiger partial charge on any atom is 0.323 e. The Hall–Kier alpha value is -3.56. The van der Waals surface area contributed by atoms with Gasteiger partial charge in [0.2, 0.25) is 0 Å². The molecule has 2 aliphatic heterocycles. The van der Waals surface area contributed by atoms with Crippen molar-refractivity contribution in [3.63, 3.8) is 0 Å². The highest BCUT2D eigenvalue weighted by Gasteiger charge is 2.37. The second-order valence-electron chi connectivity index (χ2n) is 8.72. The van der Waals surface area contributed by atoms with Crippen LogP contribution in [0.2, 0.25) is 0 Å². The van der Waals surface area contributed by atoms with Crippen LogP contribution in [-0.4, -0.2) is 34.3 Å². The Morgan fingerprint density at radius 1 is 0.919 bits per heavy atom. The van der Waals surface area contributed by atoms with Crippen LogP contribution in [0.15, 0.2) is 99.6 Å². The monoisotopic (exact) mass is 575 g/mol. The molecule has 0 radical (unpaired) electrons. The topological polar surface area (TPSA) is 85.8 Å². The van der Waals surface area contributed by atoms with Gasteiger partial charge in [0.25, 0.3) is 5.91 Å². The first-order valence-electron chi connectivity index (χ1n) is 12.0. The molecule has 5 rings (SSSR count). The number of thioether (sulfide) groups is 1. The maximum atomic E-state index is 13.6. The van der Waals surface area contributed by atoms with Crippen molar-refractivity contribution >= 4 is 61.9 Å². The highest BCUT2D eigenvalue weighted by molar-refractivity contribution is 9.10. The molecule has 1 unspecified atom stereocenters. The fourth-order valence-electron chi connectivity index (χ4n) is 4.44. The first-order chi connectivity index (χ1) is 18.0. The lowest BCUT2D eigenvalue weighted by atomic mass is 9.93. The summed E-state index contributed by atoms with van der Waals surface area (Å²) in [5.41, 5.74) is 4.27. The lowest BCUT2D eigenvalue weighted by Gasteiger charge is -2.41. The molecule has 1 atom stereocenters. The molecule has 3 amide bonds. The van der Waals surface area contributed by atoms with Crippen molar-refractivity contribution in [2.45, 2.75) is 19.4 Å². The Morgan fingerprint density at radius 3 is 2.41 bits per heavy atom. The van der Waals surface area contributed by atoms with E-state index in [1.807, 2.05) is 85.8 Å². The Labute approximate surface area is 228 Å². The summed E-state index contributed by atoms with van der Waals surface area (Å²) in [5.74, 6) is 0.817. The zero-order valence-electron chi connectivity index (χ0n) is 20.2. The average Bonchev–Trinajstić information content (AvgIpc) is 2.90. The van der Waals surface area contributed by atoms with Crippen LogP contribution in [0.4, 0.5) is 21.9 Å². The number of hydrogen-bond donors (Lipinski definition) is 3. The number of allylic oxidation sites excluding steroid dienone is 1. The number of urea groups is 1. The molecule has 2 aliphatic rings. The predicted molar refractivity (Wildman–Crippen MR) is 155 cm³/mol. The number of para-hydroxylation sites is 1. The summed E-state index contributed by atoms with van der Waals surface area (Å²) in [6.45, 7) is 2.69. The molecule has 0 spiro atoms. The van der Waals surface area contributed by atoms with E-state index in [0.717, 1.165) is 39.6 Å². The molecule has 3 aromatic carbocycles. The Kier molecular flexibility index (Phi) is 7.62. The first-order valence-corrected chi connectivity index (χ1v) is 13.7. The molecule has 188 valence electrons. The van der Waals surface area contributed by atoms with Crippen molar-refractivity contribution in [3.8, 4) is 0 Å². The fraction of sp³-hybridized carbons (Fsp3) is 0.179. The van der Waals surface area contributed by atoms with E-state index in [1.165, 1.54) is 0 Å². The minimum atomic E-state index is -0.340. The first kappa shape index (κ1) is 25.1. The summed E-state index contributed by atoms with van der Waals surface area (Å²) < 4.78 is 0.938. The number of hydrogen-bond acceptors (Lipinski definition) is 5. The summed E-state index contributed by atoms with van der Waals surface area (Å²) in [6, 6.07) is 23.8. The van der Waals surface area contributed by atoms with Gasteiger partial charge >= 0.3 is 6.03 Å². The van der Waals surface area contributed by atoms with Gasteiger partial charge in [-0.1, -0.05) is 58.0 Å². The summed E-state index contributed by atoms with van der Waals surface area (Å²) in [6.07, 6.45) is 1.00. The number of amides is 3. The summed E-state index contributed by atoms with van der Waals surface area (Å²) in [4.78, 5) is 33.2. The normalized spacial score (nSPS) is 17.0. The van der Waals surface area contributed by atoms with Crippen molar-refractivity contribution in [3.05, 3.63) is 100 Å². The molecule has 3 aromatic rings. The van der Waals surface area contributed by atoms with Gasteiger partial charge < -0.3 is 20.9 Å². The number of benzene rings is 3. The average molecular weight is 577 g/mol. The molecule has 0 aromatic heterocycles. The fourth-order valence-corrected chi connectivity index (χ4v) is 5.72. The standard InChI is InChI=1S/C28H26BrN5O2S/c1-18-24(26(35)31-21-8-3-2-4-9-21)25(34-15-6-16-37-28(34)30-18)19-7-5-10-23(17-19)33-27(36)32-22-13-11-20(29)12-14-22/h2-5,7-14,17,25H,6,15-16H2,1H3,(H,31,35)(H2,32,33,36). The third kappa shape index (κ3) is 5.89. The van der Waals surface area contributed by atoms with E-state index in [9.17, 15) is 9.59 Å². The number of aliphatic imine (C=N–C) groups is 1. The van der Waals surface area contributed by atoms with Gasteiger partial charge in [-0.3, -0.25) is 4.79 Å². The summed E-state index contributed by atoms with van der Waals surface area (Å²) >= 11 is 5.11. The molecule has 9 heteroatoms. The third-order valence-corrected chi connectivity index (χ3v) is 7.70. The second-order valence-corrected chi connectivity index (χ2v) is 10.7. The van der Waals surface area contributed by atoms with E-state index < -0.39 is 0 Å². The number of anilines is 3. The molecule has 37 heavy (non-hydrogen) atoms. The van der Waals surface area contributed by atoms with E-state index >= 15 is 0 Å². The number of fused-ring (bicyclic) bond motifs is 1. The number of nitrogens with zero attached hydrogens (tertiary/aromatic N) is 2. The largest absolute Gasteiger partial charge is 0.340 e. The van der Waals surface area contributed by atoms with Crippen LogP contribution in [0, 0.1) is 0 Å². The van der Waals surface area contributed by atoms with Crippen molar-refractivity contribution in [1.29, 1.82) is 0 Å². The quantitative estimate of drug-likeness (QED) is 0.310. The number of nitrogens with one attached hydrogen (secondary N) is 3. The summed E-state index contributed by atoms with van der Waals surface area (Å²) in [7, 11) is 0. The number of halogens is 1. The highest BCUT2D eigenvalue weighted by atomic mass is 79.9. The van der Waals surface area contributed by atoms with Gasteiger partial charge in [-0.2, -0.15) is 0 Å². The smallest absolute Gasteiger partial charge is 0.323 e. The number of carbonyl (C=O) groups is 2. The van der Waals surface area contributed by atoms with Gasteiger partial charge in [0, 0.05) is 33.8 Å². The molecular formula is C28H26BrN5O2S. The van der Waals surface area contributed by atoms with Gasteiger partial charge in [0.1, 0.15) is 0 Å². The van der Waals surface area contributed by atoms with Gasteiger partial charge in [-0.15, -0.1) is 0 Å². The minimum absolute atomic E-state index is 0.182. The SMILES string of the molecule is CC1=C(C(=O)Nc2ccccc2)C(c2cccc(NC(=O)Nc3ccc(Br)cc3)c2)N2CCCSC2=N1. The molecule has 0 aliphatic carbocycles. The number of rotatable bonds is 5. The van der Waals surface area contributed by atoms with Crippen LogP contribution in [0.3, 0.4) is 0 Å². The van der Waals surface area contributed by atoms with E-state index in [-0.39, 0.29) is 18.0 Å². The second kappa shape index (κ2) is 11.2. The number of amidine groups is 1. The molecular weight excluding hydrogens is 550 g/mol. The predicted octanol–water partition coefficient (Wildman–Crippen LogP) is 6.86. The maximum absolute atomic E-state index is 13.6. The molecule has 1 saturated heterocycles. The van der Waals surface area contributed by atoms with Gasteiger partial charge in [-0.05, 0) is 67.4 Å². The molecule has 2 heterocycles. The molecule has 0 bridgehead atoms. The molecule has 0 saturated carbocycles. The van der Waals surface area contributed by atoms with Crippen molar-refractivity contribution < 1.29 is 9.59 Å². The molecule has 7 nitrogen and oxygen atoms in total. The Balaban J connectivity index is 1.43. The number of carbonyl (C=O) groups excluding carboxylic acids is 2. The van der Waals surface area contributed by atoms with Crippen LogP contribution < -0.4 is 16.0 Å². The van der Waals surface area contributed by atoms with Crippen molar-refractivity contribution in [1.82, 2.24) is 4.90 Å². The van der Waals surface area contributed by atoms with Gasteiger partial charge in [0.05, 0.1) is 17.3 Å². The molecule has 1 fully saturated rings. The minimum Gasteiger partial charge on any atom is -0.340 e. The van der Waals surface area contributed by atoms with E-state index in [2.05, 4.69) is 36.8 Å². The van der Waals surface area contributed by atoms with Crippen LogP contribution in [0.25, 0.3) is 0 Å². The van der Waals surface area contributed by atoms with Crippen molar-refractivity contribution in [2.24, 2.45) is 4.99 Å². The van der Waals surface area contributed by atoms with E-state index in [4.69, 9.17) is 4.99 Å². The highest BCUT2D eigenvalue weighted by Crippen LogP contribution is 2.40. The lowest BCUT2D eigenvalue weighted by Crippen LogP contribution is -2.43. The lowest BCUT2D eigenvalue weighted by molar-refractivity contribution is -0.113. The van der Waals surface area contributed by atoms with E-state index in [1.54, 1.807) is 11.8 Å². The Morgan fingerprint density at radius 2 is 1.62 bits per heavy atom. The zero-order chi connectivity index (χ0) is 25.8.